The number of fused-ring (bicyclic) bond motifs is 2. The van der Waals surface area contributed by atoms with Gasteiger partial charge in [0.1, 0.15) is 13.2 Å². The molecule has 1 aromatic heterocycles. The first-order valence-corrected chi connectivity index (χ1v) is 12.1. The third-order valence-corrected chi connectivity index (χ3v) is 8.10. The highest BCUT2D eigenvalue weighted by molar-refractivity contribution is 7.89. The Hall–Kier alpha value is -2.88. The summed E-state index contributed by atoms with van der Waals surface area (Å²) in [5, 5.41) is 0.907. The lowest BCUT2D eigenvalue weighted by atomic mass is 10.0. The highest BCUT2D eigenvalue weighted by atomic mass is 32.2. The molecule has 0 spiro atoms. The Kier molecular flexibility index (Phi) is 5.40. The molecule has 1 fully saturated rings. The normalized spacial score (nSPS) is 18.5. The van der Waals surface area contributed by atoms with E-state index in [2.05, 4.69) is 4.98 Å². The van der Waals surface area contributed by atoms with E-state index in [0.29, 0.717) is 56.5 Å². The molecule has 0 amide bonds. The van der Waals surface area contributed by atoms with Crippen molar-refractivity contribution in [2.24, 2.45) is 0 Å². The number of piperazine rings is 1. The molecule has 0 saturated carbocycles. The molecule has 0 aliphatic carbocycles. The van der Waals surface area contributed by atoms with Gasteiger partial charge in [-0.1, -0.05) is 18.2 Å². The summed E-state index contributed by atoms with van der Waals surface area (Å²) in [5.41, 5.74) is 1.60. The van der Waals surface area contributed by atoms with Crippen molar-refractivity contribution in [1.29, 1.82) is 0 Å². The standard InChI is InChI=1S/C23H25N3O5S/c1-16(23(27)19-15-24-20-5-3-2-4-18(19)20)25-8-10-26(11-9-25)32(28,29)17-6-7-21-22(14-17)31-13-12-30-21/h2-7,14-16,24H,8-13H2,1H3/t16-/m0/s1. The van der Waals surface area contributed by atoms with Crippen LogP contribution in [-0.4, -0.2) is 73.8 Å². The zero-order valence-electron chi connectivity index (χ0n) is 17.8. The van der Waals surface area contributed by atoms with Gasteiger partial charge >= 0.3 is 0 Å². The third-order valence-electron chi connectivity index (χ3n) is 6.21. The number of carbonyl (C=O) groups excluding carboxylic acids is 1. The molecule has 8 nitrogen and oxygen atoms in total. The van der Waals surface area contributed by atoms with Gasteiger partial charge in [-0.05, 0) is 25.1 Å². The van der Waals surface area contributed by atoms with Crippen LogP contribution in [0.2, 0.25) is 0 Å². The number of hydrogen-bond acceptors (Lipinski definition) is 6. The number of hydrogen-bond donors (Lipinski definition) is 1. The Morgan fingerprint density at radius 2 is 1.72 bits per heavy atom. The predicted octanol–water partition coefficient (Wildman–Crippen LogP) is 2.52. The van der Waals surface area contributed by atoms with E-state index < -0.39 is 10.0 Å². The van der Waals surface area contributed by atoms with Crippen LogP contribution in [0.1, 0.15) is 17.3 Å². The van der Waals surface area contributed by atoms with E-state index in [1.807, 2.05) is 36.1 Å². The van der Waals surface area contributed by atoms with Gasteiger partial charge in [0.15, 0.2) is 17.3 Å². The van der Waals surface area contributed by atoms with Crippen molar-refractivity contribution in [3.8, 4) is 11.5 Å². The molecule has 3 heterocycles. The van der Waals surface area contributed by atoms with Crippen LogP contribution in [0.4, 0.5) is 0 Å². The number of H-pyrrole nitrogens is 1. The highest BCUT2D eigenvalue weighted by Gasteiger charge is 2.33. The monoisotopic (exact) mass is 455 g/mol. The average Bonchev–Trinajstić information content (AvgIpc) is 3.27. The number of rotatable bonds is 5. The number of nitrogens with one attached hydrogen (secondary N) is 1. The molecule has 1 atom stereocenters. The number of para-hydroxylation sites is 1. The lowest BCUT2D eigenvalue weighted by molar-refractivity contribution is 0.0784. The van der Waals surface area contributed by atoms with Gasteiger partial charge in [0.2, 0.25) is 10.0 Å². The maximum absolute atomic E-state index is 13.2. The summed E-state index contributed by atoms with van der Waals surface area (Å²) >= 11 is 0. The van der Waals surface area contributed by atoms with Gasteiger partial charge in [-0.15, -0.1) is 0 Å². The largest absolute Gasteiger partial charge is 0.486 e. The van der Waals surface area contributed by atoms with Crippen molar-refractivity contribution in [2.75, 3.05) is 39.4 Å². The number of carbonyl (C=O) groups is 1. The molecule has 1 N–H and O–H groups in total. The molecule has 0 radical (unpaired) electrons. The summed E-state index contributed by atoms with van der Waals surface area (Å²) in [6, 6.07) is 12.1. The maximum atomic E-state index is 13.2. The molecule has 32 heavy (non-hydrogen) atoms. The van der Waals surface area contributed by atoms with Gasteiger partial charge in [0.25, 0.3) is 0 Å². The van der Waals surface area contributed by atoms with E-state index in [4.69, 9.17) is 9.47 Å². The number of ether oxygens (including phenoxy) is 2. The van der Waals surface area contributed by atoms with Crippen molar-refractivity contribution >= 4 is 26.7 Å². The fourth-order valence-electron chi connectivity index (χ4n) is 4.33. The molecular weight excluding hydrogens is 430 g/mol. The predicted molar refractivity (Wildman–Crippen MR) is 120 cm³/mol. The molecule has 5 rings (SSSR count). The first-order valence-electron chi connectivity index (χ1n) is 10.7. The van der Waals surface area contributed by atoms with Crippen molar-refractivity contribution in [3.05, 3.63) is 54.2 Å². The molecule has 168 valence electrons. The Morgan fingerprint density at radius 1 is 1.00 bits per heavy atom. The topological polar surface area (TPSA) is 91.9 Å². The van der Waals surface area contributed by atoms with Gasteiger partial charge in [-0.2, -0.15) is 4.31 Å². The molecule has 0 bridgehead atoms. The summed E-state index contributed by atoms with van der Waals surface area (Å²) in [6.07, 6.45) is 1.76. The quantitative estimate of drug-likeness (QED) is 0.595. The maximum Gasteiger partial charge on any atom is 0.243 e. The summed E-state index contributed by atoms with van der Waals surface area (Å²) in [5.74, 6) is 1.05. The summed E-state index contributed by atoms with van der Waals surface area (Å²) in [4.78, 5) is 18.5. The summed E-state index contributed by atoms with van der Waals surface area (Å²) < 4.78 is 38.8. The molecular formula is C23H25N3O5S. The minimum absolute atomic E-state index is 0.0330. The number of aromatic amines is 1. The molecule has 0 unspecified atom stereocenters. The molecule has 1 saturated heterocycles. The average molecular weight is 456 g/mol. The minimum atomic E-state index is -3.66. The van der Waals surface area contributed by atoms with E-state index in [1.54, 1.807) is 18.3 Å². The smallest absolute Gasteiger partial charge is 0.243 e. The molecule has 9 heteroatoms. The first-order chi connectivity index (χ1) is 15.4. The summed E-state index contributed by atoms with van der Waals surface area (Å²) in [7, 11) is -3.66. The third kappa shape index (κ3) is 3.66. The number of aromatic nitrogens is 1. The Labute approximate surface area is 186 Å². The fraction of sp³-hybridized carbons (Fsp3) is 0.348. The molecule has 2 aliphatic heterocycles. The first kappa shape index (κ1) is 21.0. The van der Waals surface area contributed by atoms with E-state index in [1.165, 1.54) is 10.4 Å². The van der Waals surface area contributed by atoms with Crippen LogP contribution in [0.15, 0.2) is 53.6 Å². The van der Waals surface area contributed by atoms with Crippen molar-refractivity contribution in [3.63, 3.8) is 0 Å². The lowest BCUT2D eigenvalue weighted by Crippen LogP contribution is -2.53. The fourth-order valence-corrected chi connectivity index (χ4v) is 5.77. The minimum Gasteiger partial charge on any atom is -0.486 e. The second-order valence-corrected chi connectivity index (χ2v) is 9.97. The number of benzene rings is 2. The summed E-state index contributed by atoms with van der Waals surface area (Å²) in [6.45, 7) is 4.35. The molecule has 3 aromatic rings. The number of ketones is 1. The zero-order chi connectivity index (χ0) is 22.3. The second kappa shape index (κ2) is 8.23. The van der Waals surface area contributed by atoms with Crippen LogP contribution in [0.3, 0.4) is 0 Å². The lowest BCUT2D eigenvalue weighted by Gasteiger charge is -2.36. The van der Waals surface area contributed by atoms with Crippen molar-refractivity contribution in [1.82, 2.24) is 14.2 Å². The van der Waals surface area contributed by atoms with Gasteiger partial charge in [-0.3, -0.25) is 9.69 Å². The van der Waals surface area contributed by atoms with Crippen LogP contribution in [-0.2, 0) is 10.0 Å². The number of sulfonamides is 1. The van der Waals surface area contributed by atoms with Crippen LogP contribution < -0.4 is 9.47 Å². The van der Waals surface area contributed by atoms with Gasteiger partial charge in [-0.25, -0.2) is 8.42 Å². The number of nitrogens with zero attached hydrogens (tertiary/aromatic N) is 2. The van der Waals surface area contributed by atoms with E-state index in [0.717, 1.165) is 10.9 Å². The zero-order valence-corrected chi connectivity index (χ0v) is 18.6. The van der Waals surface area contributed by atoms with Crippen molar-refractivity contribution in [2.45, 2.75) is 17.9 Å². The molecule has 2 aromatic carbocycles. The van der Waals surface area contributed by atoms with Gasteiger partial charge in [0.05, 0.1) is 10.9 Å². The van der Waals surface area contributed by atoms with Gasteiger partial charge < -0.3 is 14.5 Å². The second-order valence-electron chi connectivity index (χ2n) is 8.03. The van der Waals surface area contributed by atoms with E-state index >= 15 is 0 Å². The van der Waals surface area contributed by atoms with Gasteiger partial charge in [0, 0.05) is 54.9 Å². The molecule has 2 aliphatic rings. The van der Waals surface area contributed by atoms with Crippen LogP contribution in [0.5, 0.6) is 11.5 Å². The van der Waals surface area contributed by atoms with Crippen LogP contribution in [0.25, 0.3) is 10.9 Å². The Bertz CT molecular complexity index is 1260. The number of Topliss-reactive ketones (excluding diaryl/α,β-unsaturated/α-hetero) is 1. The van der Waals surface area contributed by atoms with E-state index in [9.17, 15) is 13.2 Å². The van der Waals surface area contributed by atoms with Crippen LogP contribution >= 0.6 is 0 Å². The van der Waals surface area contributed by atoms with Crippen LogP contribution in [0, 0.1) is 0 Å². The SMILES string of the molecule is C[C@@H](C(=O)c1c[nH]c2ccccc12)N1CCN(S(=O)(=O)c2ccc3c(c2)OCCO3)CC1. The van der Waals surface area contributed by atoms with Crippen molar-refractivity contribution < 1.29 is 22.7 Å². The highest BCUT2D eigenvalue weighted by Crippen LogP contribution is 2.33. The Morgan fingerprint density at radius 3 is 2.50 bits per heavy atom. The Balaban J connectivity index is 1.27. The van der Waals surface area contributed by atoms with E-state index in [-0.39, 0.29) is 16.7 Å².